The van der Waals surface area contributed by atoms with E-state index in [0.29, 0.717) is 16.5 Å². The molecule has 5 nitrogen and oxygen atoms in total. The van der Waals surface area contributed by atoms with Gasteiger partial charge in [-0.25, -0.2) is 4.98 Å². The van der Waals surface area contributed by atoms with Gasteiger partial charge in [0.25, 0.3) is 5.91 Å². The lowest BCUT2D eigenvalue weighted by atomic mass is 10.1. The van der Waals surface area contributed by atoms with Crippen LogP contribution in [0.1, 0.15) is 33.9 Å². The average Bonchev–Trinajstić information content (AvgIpc) is 3.29. The van der Waals surface area contributed by atoms with Gasteiger partial charge < -0.3 is 9.32 Å². The van der Waals surface area contributed by atoms with Gasteiger partial charge in [0.05, 0.1) is 12.3 Å². The quantitative estimate of drug-likeness (QED) is 0.654. The van der Waals surface area contributed by atoms with Crippen LogP contribution in [0.15, 0.2) is 52.0 Å². The van der Waals surface area contributed by atoms with E-state index in [2.05, 4.69) is 4.98 Å². The van der Waals surface area contributed by atoms with Crippen molar-refractivity contribution >= 4 is 28.0 Å². The van der Waals surface area contributed by atoms with Gasteiger partial charge in [0.1, 0.15) is 5.69 Å². The van der Waals surface area contributed by atoms with E-state index in [-0.39, 0.29) is 11.9 Å². The van der Waals surface area contributed by atoms with Crippen molar-refractivity contribution in [3.05, 3.63) is 58.8 Å². The SMILES string of the molecule is Cc1sc(-c2ccco2)nc1C(=O)N(C)[C@H](C)c1ccc([S@@](C)=O)cc1. The summed E-state index contributed by atoms with van der Waals surface area (Å²) in [5.41, 5.74) is 1.43. The van der Waals surface area contributed by atoms with Gasteiger partial charge in [-0.2, -0.15) is 0 Å². The second kappa shape index (κ2) is 7.55. The number of nitrogens with zero attached hydrogens (tertiary/aromatic N) is 2. The van der Waals surface area contributed by atoms with E-state index in [1.165, 1.54) is 11.3 Å². The molecule has 0 unspecified atom stereocenters. The van der Waals surface area contributed by atoms with Crippen molar-refractivity contribution < 1.29 is 13.4 Å². The van der Waals surface area contributed by atoms with Crippen LogP contribution >= 0.6 is 11.3 Å². The van der Waals surface area contributed by atoms with Crippen molar-refractivity contribution in [2.24, 2.45) is 0 Å². The third-order valence-corrected chi connectivity index (χ3v) is 6.25. The molecule has 0 saturated carbocycles. The Labute approximate surface area is 159 Å². The molecule has 0 N–H and O–H groups in total. The molecule has 0 radical (unpaired) electrons. The molecule has 0 aliphatic carbocycles. The Bertz CT molecular complexity index is 930. The van der Waals surface area contributed by atoms with Crippen molar-refractivity contribution in [1.29, 1.82) is 0 Å². The number of amides is 1. The van der Waals surface area contributed by atoms with Crippen molar-refractivity contribution in [2.75, 3.05) is 13.3 Å². The Hall–Kier alpha value is -2.25. The minimum atomic E-state index is -1.01. The minimum Gasteiger partial charge on any atom is -0.462 e. The van der Waals surface area contributed by atoms with Gasteiger partial charge in [-0.3, -0.25) is 9.00 Å². The highest BCUT2D eigenvalue weighted by molar-refractivity contribution is 7.84. The number of thiazole rings is 1. The Morgan fingerprint density at radius 2 is 1.96 bits per heavy atom. The summed E-state index contributed by atoms with van der Waals surface area (Å²) < 4.78 is 16.9. The van der Waals surface area contributed by atoms with Gasteiger partial charge in [0, 0.05) is 33.9 Å². The Balaban J connectivity index is 1.82. The second-order valence-corrected chi connectivity index (χ2v) is 8.60. The monoisotopic (exact) mass is 388 g/mol. The van der Waals surface area contributed by atoms with Crippen LogP contribution in [-0.2, 0) is 10.8 Å². The van der Waals surface area contributed by atoms with E-state index in [4.69, 9.17) is 4.42 Å². The summed E-state index contributed by atoms with van der Waals surface area (Å²) in [5.74, 6) is 0.531. The number of carbonyl (C=O) groups excluding carboxylic acids is 1. The van der Waals surface area contributed by atoms with Crippen molar-refractivity contribution in [3.63, 3.8) is 0 Å². The number of aryl methyl sites for hydroxylation is 1. The number of aromatic nitrogens is 1. The summed E-state index contributed by atoms with van der Waals surface area (Å²) in [4.78, 5) is 20.7. The zero-order valence-electron chi connectivity index (χ0n) is 15.1. The molecule has 7 heteroatoms. The van der Waals surface area contributed by atoms with Gasteiger partial charge in [-0.05, 0) is 43.7 Å². The van der Waals surface area contributed by atoms with Crippen LogP contribution in [-0.4, -0.2) is 33.3 Å². The third kappa shape index (κ3) is 3.64. The van der Waals surface area contributed by atoms with Gasteiger partial charge in [-0.15, -0.1) is 11.3 Å². The van der Waals surface area contributed by atoms with Gasteiger partial charge in [-0.1, -0.05) is 12.1 Å². The second-order valence-electron chi connectivity index (χ2n) is 6.02. The van der Waals surface area contributed by atoms with Crippen LogP contribution in [0.2, 0.25) is 0 Å². The highest BCUT2D eigenvalue weighted by Gasteiger charge is 2.24. The molecular formula is C19H20N2O3S2. The first-order valence-electron chi connectivity index (χ1n) is 8.10. The van der Waals surface area contributed by atoms with Crippen LogP contribution in [0.5, 0.6) is 0 Å². The fraction of sp³-hybridized carbons (Fsp3) is 0.263. The highest BCUT2D eigenvalue weighted by Crippen LogP contribution is 2.30. The van der Waals surface area contributed by atoms with Gasteiger partial charge >= 0.3 is 0 Å². The normalized spacial score (nSPS) is 13.4. The lowest BCUT2D eigenvalue weighted by Gasteiger charge is -2.25. The predicted molar refractivity (Wildman–Crippen MR) is 104 cm³/mol. The molecular weight excluding hydrogens is 368 g/mol. The molecule has 2 atom stereocenters. The summed E-state index contributed by atoms with van der Waals surface area (Å²) in [7, 11) is 0.755. The summed E-state index contributed by atoms with van der Waals surface area (Å²) in [6.45, 7) is 3.85. The van der Waals surface area contributed by atoms with Crippen LogP contribution < -0.4 is 0 Å². The van der Waals surface area contributed by atoms with Crippen LogP contribution in [0.25, 0.3) is 10.8 Å². The topological polar surface area (TPSA) is 63.4 Å². The van der Waals surface area contributed by atoms with Crippen LogP contribution in [0.4, 0.5) is 0 Å². The molecule has 2 heterocycles. The molecule has 3 rings (SSSR count). The summed E-state index contributed by atoms with van der Waals surface area (Å²) in [6.07, 6.45) is 3.24. The Morgan fingerprint density at radius 1 is 1.27 bits per heavy atom. The number of hydrogen-bond donors (Lipinski definition) is 0. The molecule has 26 heavy (non-hydrogen) atoms. The van der Waals surface area contributed by atoms with E-state index in [1.807, 2.05) is 44.2 Å². The number of furan rings is 1. The van der Waals surface area contributed by atoms with E-state index in [1.54, 1.807) is 30.5 Å². The maximum atomic E-state index is 12.9. The summed E-state index contributed by atoms with van der Waals surface area (Å²) >= 11 is 1.44. The maximum Gasteiger partial charge on any atom is 0.273 e. The summed E-state index contributed by atoms with van der Waals surface area (Å²) in [5, 5.41) is 0.701. The summed E-state index contributed by atoms with van der Waals surface area (Å²) in [6, 6.07) is 11.0. The number of carbonyl (C=O) groups is 1. The fourth-order valence-corrected chi connectivity index (χ4v) is 4.00. The van der Waals surface area contributed by atoms with E-state index in [9.17, 15) is 9.00 Å². The van der Waals surface area contributed by atoms with Crippen molar-refractivity contribution in [2.45, 2.75) is 24.8 Å². The Kier molecular flexibility index (Phi) is 5.38. The third-order valence-electron chi connectivity index (χ3n) is 4.33. The zero-order valence-corrected chi connectivity index (χ0v) is 16.7. The minimum absolute atomic E-state index is 0.130. The molecule has 0 saturated heterocycles. The first-order chi connectivity index (χ1) is 12.4. The average molecular weight is 389 g/mol. The van der Waals surface area contributed by atoms with Gasteiger partial charge in [0.15, 0.2) is 10.8 Å². The highest BCUT2D eigenvalue weighted by atomic mass is 32.2. The molecule has 0 aliphatic rings. The molecule has 0 bridgehead atoms. The molecule has 0 aliphatic heterocycles. The fourth-order valence-electron chi connectivity index (χ4n) is 2.61. The molecule has 3 aromatic rings. The molecule has 136 valence electrons. The van der Waals surface area contributed by atoms with Crippen LogP contribution in [0, 0.1) is 6.92 Å². The number of benzene rings is 1. The zero-order chi connectivity index (χ0) is 18.8. The molecule has 1 aromatic carbocycles. The largest absolute Gasteiger partial charge is 0.462 e. The molecule has 2 aromatic heterocycles. The number of rotatable bonds is 5. The predicted octanol–water partition coefficient (Wildman–Crippen LogP) is 4.28. The smallest absolute Gasteiger partial charge is 0.273 e. The molecule has 0 spiro atoms. The Morgan fingerprint density at radius 3 is 2.54 bits per heavy atom. The maximum absolute atomic E-state index is 12.9. The van der Waals surface area contributed by atoms with E-state index < -0.39 is 10.8 Å². The van der Waals surface area contributed by atoms with Crippen molar-refractivity contribution in [3.8, 4) is 10.8 Å². The first kappa shape index (κ1) is 18.5. The molecule has 1 amide bonds. The first-order valence-corrected chi connectivity index (χ1v) is 10.5. The van der Waals surface area contributed by atoms with Crippen molar-refractivity contribution in [1.82, 2.24) is 9.88 Å². The van der Waals surface area contributed by atoms with Crippen LogP contribution in [0.3, 0.4) is 0 Å². The number of hydrogen-bond acceptors (Lipinski definition) is 5. The van der Waals surface area contributed by atoms with E-state index >= 15 is 0 Å². The molecule has 0 fully saturated rings. The lowest BCUT2D eigenvalue weighted by molar-refractivity contribution is 0.0737. The standard InChI is InChI=1S/C19H20N2O3S2/c1-12(14-7-9-15(10-8-14)26(4)23)21(3)19(22)17-13(2)25-18(20-17)16-6-5-11-24-16/h5-12H,1-4H3/t12-,26-/m1/s1. The van der Waals surface area contributed by atoms with E-state index in [0.717, 1.165) is 15.3 Å². The lowest BCUT2D eigenvalue weighted by Crippen LogP contribution is -2.30. The van der Waals surface area contributed by atoms with Gasteiger partial charge in [0.2, 0.25) is 0 Å².